The molecule has 0 bridgehead atoms. The summed E-state index contributed by atoms with van der Waals surface area (Å²) in [5.74, 6) is -4.52. The van der Waals surface area contributed by atoms with E-state index in [2.05, 4.69) is 0 Å². The Labute approximate surface area is 320 Å². The molecule has 2 aliphatic heterocycles. The lowest BCUT2D eigenvalue weighted by molar-refractivity contribution is -0.358. The lowest BCUT2D eigenvalue weighted by atomic mass is 9.97. The Hall–Kier alpha value is -5.68. The fraction of sp³-hybridized carbons (Fsp3) is 0.351. The van der Waals surface area contributed by atoms with Crippen LogP contribution < -0.4 is 14.9 Å². The zero-order valence-corrected chi connectivity index (χ0v) is 29.6. The van der Waals surface area contributed by atoms with Gasteiger partial charge in [0.15, 0.2) is 29.7 Å². The number of methoxy groups -OCH3 is 1. The maximum Gasteiger partial charge on any atom is 0.330 e. The van der Waals surface area contributed by atoms with Crippen LogP contribution in [0.1, 0.15) is 5.56 Å². The van der Waals surface area contributed by atoms with Gasteiger partial charge in [0.25, 0.3) is 0 Å². The van der Waals surface area contributed by atoms with E-state index in [4.69, 9.17) is 32.8 Å². The van der Waals surface area contributed by atoms with Crippen molar-refractivity contribution in [1.82, 2.24) is 0 Å². The van der Waals surface area contributed by atoms with Crippen molar-refractivity contribution >= 4 is 23.0 Å². The van der Waals surface area contributed by atoms with Crippen LogP contribution in [0.3, 0.4) is 0 Å². The smallest absolute Gasteiger partial charge is 0.330 e. The first-order valence-electron chi connectivity index (χ1n) is 17.0. The summed E-state index contributed by atoms with van der Waals surface area (Å²) in [6.45, 7) is -1.63. The minimum absolute atomic E-state index is 0.0815. The molecular formula is C37H38O20. The molecule has 3 heterocycles. The third kappa shape index (κ3) is 8.39. The van der Waals surface area contributed by atoms with Crippen molar-refractivity contribution in [1.29, 1.82) is 0 Å². The molecule has 2 saturated heterocycles. The Morgan fingerprint density at radius 2 is 1.49 bits per heavy atom. The van der Waals surface area contributed by atoms with Gasteiger partial charge in [0.2, 0.25) is 17.5 Å². The van der Waals surface area contributed by atoms with Gasteiger partial charge >= 0.3 is 5.97 Å². The molecule has 0 aliphatic carbocycles. The molecule has 11 N–H and O–H groups in total. The van der Waals surface area contributed by atoms with Crippen molar-refractivity contribution in [3.63, 3.8) is 0 Å². The molecule has 4 aromatic rings. The van der Waals surface area contributed by atoms with Gasteiger partial charge in [-0.1, -0.05) is 0 Å². The molecule has 1 aromatic heterocycles. The van der Waals surface area contributed by atoms with Crippen molar-refractivity contribution in [2.75, 3.05) is 20.3 Å². The highest BCUT2D eigenvalue weighted by atomic mass is 16.8. The number of aliphatic hydroxyl groups is 6. The fourth-order valence-corrected chi connectivity index (χ4v) is 6.17. The van der Waals surface area contributed by atoms with E-state index in [1.165, 1.54) is 37.5 Å². The van der Waals surface area contributed by atoms with E-state index in [1.54, 1.807) is 0 Å². The van der Waals surface area contributed by atoms with Gasteiger partial charge in [0.1, 0.15) is 83.3 Å². The van der Waals surface area contributed by atoms with Crippen molar-refractivity contribution in [2.45, 2.75) is 61.4 Å². The second-order valence-corrected chi connectivity index (χ2v) is 13.0. The molecule has 10 unspecified atom stereocenters. The molecule has 0 amide bonds. The predicted octanol–water partition coefficient (Wildman–Crippen LogP) is -0.736. The topological polar surface area (TPSA) is 325 Å². The van der Waals surface area contributed by atoms with Crippen LogP contribution in [0.5, 0.6) is 40.2 Å². The van der Waals surface area contributed by atoms with Crippen LogP contribution in [0.15, 0.2) is 63.8 Å². The Morgan fingerprint density at radius 3 is 2.19 bits per heavy atom. The number of benzene rings is 3. The molecule has 57 heavy (non-hydrogen) atoms. The molecule has 20 heteroatoms. The van der Waals surface area contributed by atoms with Crippen LogP contribution in [0.4, 0.5) is 0 Å². The van der Waals surface area contributed by atoms with E-state index in [-0.39, 0.29) is 22.6 Å². The highest BCUT2D eigenvalue weighted by Crippen LogP contribution is 2.40. The van der Waals surface area contributed by atoms with Crippen LogP contribution in [0.2, 0.25) is 0 Å². The first-order chi connectivity index (χ1) is 27.1. The normalized spacial score (nSPS) is 27.7. The number of hydrogen-bond donors (Lipinski definition) is 11. The van der Waals surface area contributed by atoms with Gasteiger partial charge < -0.3 is 89.0 Å². The zero-order chi connectivity index (χ0) is 41.3. The van der Waals surface area contributed by atoms with Crippen LogP contribution >= 0.6 is 0 Å². The Kier molecular flexibility index (Phi) is 12.1. The van der Waals surface area contributed by atoms with Crippen LogP contribution in [0.25, 0.3) is 28.4 Å². The summed E-state index contributed by atoms with van der Waals surface area (Å²) in [4.78, 5) is 26.5. The van der Waals surface area contributed by atoms with Gasteiger partial charge in [0, 0.05) is 35.4 Å². The summed E-state index contributed by atoms with van der Waals surface area (Å²) in [5, 5.41) is 114. The summed E-state index contributed by atoms with van der Waals surface area (Å²) < 4.78 is 39.2. The van der Waals surface area contributed by atoms with Gasteiger partial charge in [-0.25, -0.2) is 4.79 Å². The first kappa shape index (κ1) is 41.0. The third-order valence-corrected chi connectivity index (χ3v) is 9.18. The van der Waals surface area contributed by atoms with E-state index < -0.39 is 126 Å². The maximum absolute atomic E-state index is 14.0. The number of fused-ring (bicyclic) bond motifs is 1. The standard InChI is InChI=1S/C37H38O20/c1-51-21-10-16(39)5-2-14(21)4-7-25(44)52-13-24-28(46)30(48)32(50)36(55-24)57-35-31(49)27(45)23(12-38)54-37(35)56-34-29(47)26-20(43)9-17(40)11-22(26)53-33(34)15-3-6-18(41)19(42)8-15/h2-11,23-24,27-28,30-32,35-43,45-46,48-50H,12-13H2,1H3. The van der Waals surface area contributed by atoms with E-state index in [0.29, 0.717) is 5.56 Å². The fourth-order valence-electron chi connectivity index (χ4n) is 6.17. The number of rotatable bonds is 11. The second-order valence-electron chi connectivity index (χ2n) is 13.0. The number of hydrogen-bond acceptors (Lipinski definition) is 20. The Bertz CT molecular complexity index is 2180. The monoisotopic (exact) mass is 802 g/mol. The molecule has 0 radical (unpaired) electrons. The Morgan fingerprint density at radius 1 is 0.772 bits per heavy atom. The first-order valence-corrected chi connectivity index (χ1v) is 17.0. The van der Waals surface area contributed by atoms with Gasteiger partial charge in [-0.2, -0.15) is 0 Å². The lowest BCUT2D eigenvalue weighted by Gasteiger charge is -2.45. The molecule has 6 rings (SSSR count). The number of carbonyl (C=O) groups excluding carboxylic acids is 1. The summed E-state index contributed by atoms with van der Waals surface area (Å²) >= 11 is 0. The second kappa shape index (κ2) is 16.8. The average molecular weight is 803 g/mol. The molecular weight excluding hydrogens is 764 g/mol. The van der Waals surface area contributed by atoms with Gasteiger partial charge in [0.05, 0.1) is 13.7 Å². The Balaban J connectivity index is 1.29. The number of carbonyl (C=O) groups is 1. The molecule has 20 nitrogen and oxygen atoms in total. The molecule has 2 aliphatic rings. The SMILES string of the molecule is COc1cc(O)ccc1C=CC(=O)OCC1OC(OC2C(Oc3c(-c4ccc(O)c(O)c4)oc4cc(O)cc(O)c4c3=O)OC(CO)C(O)C2O)C(O)C(O)C1O. The third-order valence-electron chi connectivity index (χ3n) is 9.18. The highest BCUT2D eigenvalue weighted by Gasteiger charge is 2.52. The van der Waals surface area contributed by atoms with Crippen molar-refractivity contribution < 1.29 is 93.8 Å². The van der Waals surface area contributed by atoms with E-state index in [0.717, 1.165) is 30.3 Å². The van der Waals surface area contributed by atoms with Gasteiger partial charge in [-0.05, 0) is 36.4 Å². The van der Waals surface area contributed by atoms with Crippen LogP contribution in [-0.4, -0.2) is 144 Å². The number of phenols is 5. The van der Waals surface area contributed by atoms with Crippen molar-refractivity contribution in [3.8, 4) is 51.6 Å². The maximum atomic E-state index is 14.0. The molecule has 306 valence electrons. The highest BCUT2D eigenvalue weighted by molar-refractivity contribution is 5.89. The molecule has 0 saturated carbocycles. The van der Waals surface area contributed by atoms with Crippen LogP contribution in [-0.2, 0) is 23.7 Å². The van der Waals surface area contributed by atoms with E-state index in [9.17, 15) is 65.8 Å². The number of phenolic OH excluding ortho intramolecular Hbond substituents is 5. The molecule has 2 fully saturated rings. The lowest BCUT2D eigenvalue weighted by Crippen LogP contribution is -2.65. The number of aromatic hydroxyl groups is 5. The van der Waals surface area contributed by atoms with Gasteiger partial charge in [-0.3, -0.25) is 4.79 Å². The average Bonchev–Trinajstić information content (AvgIpc) is 3.18. The van der Waals surface area contributed by atoms with Crippen molar-refractivity contribution in [2.24, 2.45) is 0 Å². The molecule has 3 aromatic carbocycles. The predicted molar refractivity (Wildman–Crippen MR) is 189 cm³/mol. The van der Waals surface area contributed by atoms with E-state index in [1.807, 2.05) is 0 Å². The molecule has 0 spiro atoms. The molecule has 10 atom stereocenters. The van der Waals surface area contributed by atoms with E-state index >= 15 is 0 Å². The largest absolute Gasteiger partial charge is 0.508 e. The quantitative estimate of drug-likeness (QED) is 0.0505. The van der Waals surface area contributed by atoms with Crippen molar-refractivity contribution in [3.05, 3.63) is 70.4 Å². The summed E-state index contributed by atoms with van der Waals surface area (Å²) in [7, 11) is 1.35. The summed E-state index contributed by atoms with van der Waals surface area (Å²) in [5.41, 5.74) is -1.17. The minimum Gasteiger partial charge on any atom is -0.508 e. The summed E-state index contributed by atoms with van der Waals surface area (Å²) in [6.07, 6.45) is -16.7. The zero-order valence-electron chi connectivity index (χ0n) is 29.6. The number of ether oxygens (including phenoxy) is 6. The number of esters is 1. The summed E-state index contributed by atoms with van der Waals surface area (Å²) in [6, 6.07) is 9.18. The van der Waals surface area contributed by atoms with Crippen LogP contribution in [0, 0.1) is 0 Å². The van der Waals surface area contributed by atoms with Gasteiger partial charge in [-0.15, -0.1) is 0 Å². The minimum atomic E-state index is -2.07. The number of aliphatic hydroxyl groups excluding tert-OH is 6.